The largest absolute Gasteiger partial charge is 0.417 e. The maximum absolute atomic E-state index is 12.7. The van der Waals surface area contributed by atoms with Crippen LogP contribution < -0.4 is 0 Å². The molecular weight excluding hydrogens is 263 g/mol. The SMILES string of the molecule is CC(C)CN1CCC(c2cc[c]c(C(F)(F)F)c2)CC1. The van der Waals surface area contributed by atoms with Gasteiger partial charge in [-0.3, -0.25) is 0 Å². The van der Waals surface area contributed by atoms with E-state index >= 15 is 0 Å². The molecule has 0 bridgehead atoms. The third-order valence-corrected chi connectivity index (χ3v) is 3.81. The van der Waals surface area contributed by atoms with Crippen molar-refractivity contribution in [1.82, 2.24) is 4.90 Å². The van der Waals surface area contributed by atoms with Gasteiger partial charge in [0.2, 0.25) is 0 Å². The highest BCUT2D eigenvalue weighted by atomic mass is 19.4. The Morgan fingerprint density at radius 1 is 1.30 bits per heavy atom. The summed E-state index contributed by atoms with van der Waals surface area (Å²) in [7, 11) is 0. The first-order chi connectivity index (χ1) is 9.36. The highest BCUT2D eigenvalue weighted by molar-refractivity contribution is 5.27. The van der Waals surface area contributed by atoms with Crippen molar-refractivity contribution in [3.8, 4) is 0 Å². The Kier molecular flexibility index (Phi) is 4.74. The van der Waals surface area contributed by atoms with Gasteiger partial charge in [0, 0.05) is 6.54 Å². The van der Waals surface area contributed by atoms with Gasteiger partial charge in [-0.2, -0.15) is 13.2 Å². The summed E-state index contributed by atoms with van der Waals surface area (Å²) in [5, 5.41) is 0. The predicted molar refractivity (Wildman–Crippen MR) is 73.5 cm³/mol. The molecule has 0 saturated carbocycles. The van der Waals surface area contributed by atoms with Gasteiger partial charge in [0.1, 0.15) is 0 Å². The minimum Gasteiger partial charge on any atom is -0.303 e. The minimum atomic E-state index is -4.30. The van der Waals surface area contributed by atoms with Crippen LogP contribution in [0.15, 0.2) is 18.2 Å². The normalized spacial score (nSPS) is 18.7. The zero-order valence-corrected chi connectivity index (χ0v) is 12.0. The minimum absolute atomic E-state index is 0.245. The number of hydrogen-bond donors (Lipinski definition) is 0. The number of piperidine rings is 1. The van der Waals surface area contributed by atoms with E-state index in [-0.39, 0.29) is 5.92 Å². The molecule has 4 heteroatoms. The van der Waals surface area contributed by atoms with Crippen molar-refractivity contribution in [2.45, 2.75) is 38.8 Å². The Bertz CT molecular complexity index is 432. The maximum Gasteiger partial charge on any atom is 0.417 e. The molecule has 1 fully saturated rings. The molecule has 1 saturated heterocycles. The fourth-order valence-corrected chi connectivity index (χ4v) is 2.87. The van der Waals surface area contributed by atoms with Crippen LogP contribution in [0.3, 0.4) is 0 Å². The molecule has 2 rings (SSSR count). The summed E-state index contributed by atoms with van der Waals surface area (Å²) in [4.78, 5) is 2.40. The van der Waals surface area contributed by atoms with Gasteiger partial charge in [-0.15, -0.1) is 0 Å². The van der Waals surface area contributed by atoms with Crippen LogP contribution in [0.1, 0.15) is 43.7 Å². The highest BCUT2D eigenvalue weighted by Gasteiger charge is 2.31. The van der Waals surface area contributed by atoms with Gasteiger partial charge >= 0.3 is 6.18 Å². The van der Waals surface area contributed by atoms with E-state index in [0.29, 0.717) is 5.92 Å². The van der Waals surface area contributed by atoms with Crippen LogP contribution in [0.25, 0.3) is 0 Å². The lowest BCUT2D eigenvalue weighted by Gasteiger charge is -2.33. The highest BCUT2D eigenvalue weighted by Crippen LogP contribution is 2.33. The first kappa shape index (κ1) is 15.4. The summed E-state index contributed by atoms with van der Waals surface area (Å²) < 4.78 is 38.1. The zero-order valence-electron chi connectivity index (χ0n) is 12.0. The molecule has 0 amide bonds. The van der Waals surface area contributed by atoms with Crippen LogP contribution >= 0.6 is 0 Å². The molecule has 0 aliphatic carbocycles. The number of halogens is 3. The van der Waals surface area contributed by atoms with Crippen molar-refractivity contribution in [3.63, 3.8) is 0 Å². The molecule has 1 aliphatic heterocycles. The van der Waals surface area contributed by atoms with Crippen molar-refractivity contribution < 1.29 is 13.2 Å². The predicted octanol–water partition coefficient (Wildman–Crippen LogP) is 4.34. The number of alkyl halides is 3. The number of nitrogens with zero attached hydrogens (tertiary/aromatic N) is 1. The quantitative estimate of drug-likeness (QED) is 0.798. The van der Waals surface area contributed by atoms with Crippen molar-refractivity contribution >= 4 is 0 Å². The van der Waals surface area contributed by atoms with Crippen molar-refractivity contribution in [1.29, 1.82) is 0 Å². The third kappa shape index (κ3) is 3.98. The Morgan fingerprint density at radius 2 is 1.95 bits per heavy atom. The van der Waals surface area contributed by atoms with E-state index in [1.807, 2.05) is 0 Å². The molecule has 1 aliphatic rings. The summed E-state index contributed by atoms with van der Waals surface area (Å²) in [5.41, 5.74) is 0.153. The second kappa shape index (κ2) is 6.17. The number of rotatable bonds is 3. The van der Waals surface area contributed by atoms with E-state index in [1.54, 1.807) is 6.07 Å². The van der Waals surface area contributed by atoms with Gasteiger partial charge in [-0.05, 0) is 55.5 Å². The van der Waals surface area contributed by atoms with E-state index in [0.717, 1.165) is 38.0 Å². The molecule has 111 valence electrons. The summed E-state index contributed by atoms with van der Waals surface area (Å²) in [6.07, 6.45) is -2.42. The third-order valence-electron chi connectivity index (χ3n) is 3.81. The van der Waals surface area contributed by atoms with E-state index in [9.17, 15) is 13.2 Å². The molecule has 1 aromatic carbocycles. The van der Waals surface area contributed by atoms with E-state index in [2.05, 4.69) is 24.8 Å². The van der Waals surface area contributed by atoms with Crippen molar-refractivity contribution in [3.05, 3.63) is 35.4 Å². The number of hydrogen-bond acceptors (Lipinski definition) is 1. The average molecular weight is 284 g/mol. The molecule has 0 atom stereocenters. The summed E-state index contributed by atoms with van der Waals surface area (Å²) >= 11 is 0. The van der Waals surface area contributed by atoms with Crippen molar-refractivity contribution in [2.24, 2.45) is 5.92 Å². The number of likely N-dealkylation sites (tertiary alicyclic amines) is 1. The zero-order chi connectivity index (χ0) is 14.8. The van der Waals surface area contributed by atoms with Crippen LogP contribution in [0, 0.1) is 12.0 Å². The van der Waals surface area contributed by atoms with Gasteiger partial charge in [-0.25, -0.2) is 0 Å². The molecule has 1 radical (unpaired) electrons. The van der Waals surface area contributed by atoms with Gasteiger partial charge in [0.15, 0.2) is 0 Å². The van der Waals surface area contributed by atoms with Gasteiger partial charge in [-0.1, -0.05) is 26.0 Å². The average Bonchev–Trinajstić information content (AvgIpc) is 2.38. The van der Waals surface area contributed by atoms with E-state index < -0.39 is 11.7 Å². The first-order valence-electron chi connectivity index (χ1n) is 7.17. The standard InChI is InChI=1S/C16H21F3N/c1-12(2)11-20-8-6-13(7-9-20)14-4-3-5-15(10-14)16(17,18)19/h3-4,10,12-13H,6-9,11H2,1-2H3. The van der Waals surface area contributed by atoms with E-state index in [4.69, 9.17) is 0 Å². The molecule has 1 heterocycles. The number of benzene rings is 1. The van der Waals surface area contributed by atoms with Gasteiger partial charge < -0.3 is 4.90 Å². The summed E-state index contributed by atoms with van der Waals surface area (Å²) in [5.74, 6) is 0.879. The first-order valence-corrected chi connectivity index (χ1v) is 7.17. The fourth-order valence-electron chi connectivity index (χ4n) is 2.87. The monoisotopic (exact) mass is 284 g/mol. The van der Waals surface area contributed by atoms with Crippen LogP contribution in [0.2, 0.25) is 0 Å². The Morgan fingerprint density at radius 3 is 2.50 bits per heavy atom. The molecule has 0 unspecified atom stereocenters. The second-order valence-corrected chi connectivity index (χ2v) is 6.00. The Hall–Kier alpha value is -1.03. The lowest BCUT2D eigenvalue weighted by molar-refractivity contribution is -0.137. The summed E-state index contributed by atoms with van der Waals surface area (Å²) in [6.45, 7) is 7.40. The second-order valence-electron chi connectivity index (χ2n) is 6.00. The van der Waals surface area contributed by atoms with Crippen LogP contribution in [0.5, 0.6) is 0 Å². The lowest BCUT2D eigenvalue weighted by Crippen LogP contribution is -2.35. The molecule has 1 aromatic rings. The van der Waals surface area contributed by atoms with Crippen LogP contribution in [-0.4, -0.2) is 24.5 Å². The van der Waals surface area contributed by atoms with Crippen molar-refractivity contribution in [2.75, 3.05) is 19.6 Å². The Balaban J connectivity index is 2.00. The van der Waals surface area contributed by atoms with Gasteiger partial charge in [0.05, 0.1) is 5.56 Å². The molecule has 0 spiro atoms. The van der Waals surface area contributed by atoms with Crippen LogP contribution in [0.4, 0.5) is 13.2 Å². The molecular formula is C16H21F3N. The maximum atomic E-state index is 12.7. The summed E-state index contributed by atoms with van der Waals surface area (Å²) in [6, 6.07) is 6.73. The lowest BCUT2D eigenvalue weighted by atomic mass is 9.88. The smallest absolute Gasteiger partial charge is 0.303 e. The molecule has 0 N–H and O–H groups in total. The Labute approximate surface area is 118 Å². The molecule has 1 nitrogen and oxygen atoms in total. The van der Waals surface area contributed by atoms with Crippen LogP contribution in [-0.2, 0) is 6.18 Å². The topological polar surface area (TPSA) is 3.24 Å². The van der Waals surface area contributed by atoms with E-state index in [1.165, 1.54) is 12.1 Å². The molecule has 0 aromatic heterocycles. The van der Waals surface area contributed by atoms with Gasteiger partial charge in [0.25, 0.3) is 0 Å². The molecule has 20 heavy (non-hydrogen) atoms. The fraction of sp³-hybridized carbons (Fsp3) is 0.625.